The molecule has 2 rings (SSSR count). The van der Waals surface area contributed by atoms with E-state index in [9.17, 15) is 4.79 Å². The first-order chi connectivity index (χ1) is 8.20. The number of ether oxygens (including phenoxy) is 1. The van der Waals surface area contributed by atoms with Gasteiger partial charge in [0, 0.05) is 11.9 Å². The van der Waals surface area contributed by atoms with E-state index in [-0.39, 0.29) is 6.42 Å². The Morgan fingerprint density at radius 2 is 2.24 bits per heavy atom. The van der Waals surface area contributed by atoms with Crippen LogP contribution in [0.2, 0.25) is 0 Å². The Hall–Kier alpha value is -2.30. The lowest BCUT2D eigenvalue weighted by atomic mass is 10.2. The van der Waals surface area contributed by atoms with E-state index in [1.54, 1.807) is 7.11 Å². The van der Waals surface area contributed by atoms with Gasteiger partial charge in [0.2, 0.25) is 0 Å². The van der Waals surface area contributed by atoms with Crippen LogP contribution in [0.3, 0.4) is 0 Å². The predicted octanol–water partition coefficient (Wildman–Crippen LogP) is 1.71. The van der Waals surface area contributed by atoms with Gasteiger partial charge in [0.25, 0.3) is 0 Å². The molecular weight excluding hydrogens is 220 g/mol. The first-order valence-electron chi connectivity index (χ1n) is 5.10. The van der Waals surface area contributed by atoms with E-state index in [1.165, 1.54) is 6.20 Å². The molecule has 1 heterocycles. The number of rotatable bonds is 4. The van der Waals surface area contributed by atoms with Gasteiger partial charge in [-0.15, -0.1) is 0 Å². The molecule has 1 aromatic carbocycles. The van der Waals surface area contributed by atoms with E-state index >= 15 is 0 Å². The van der Waals surface area contributed by atoms with E-state index < -0.39 is 5.97 Å². The van der Waals surface area contributed by atoms with Crippen LogP contribution in [-0.4, -0.2) is 28.2 Å². The predicted molar refractivity (Wildman–Crippen MR) is 61.9 cm³/mol. The molecule has 0 amide bonds. The van der Waals surface area contributed by atoms with Gasteiger partial charge in [0.05, 0.1) is 19.1 Å². The summed E-state index contributed by atoms with van der Waals surface area (Å²) < 4.78 is 5.21. The molecule has 0 aliphatic rings. The summed E-state index contributed by atoms with van der Waals surface area (Å²) in [6.07, 6.45) is 1.46. The van der Waals surface area contributed by atoms with Gasteiger partial charge < -0.3 is 14.8 Å². The second-order valence-electron chi connectivity index (χ2n) is 3.53. The third-order valence-electron chi connectivity index (χ3n) is 2.33. The minimum atomic E-state index is -0.889. The fourth-order valence-electron chi connectivity index (χ4n) is 1.59. The van der Waals surface area contributed by atoms with Gasteiger partial charge in [-0.2, -0.15) is 0 Å². The highest BCUT2D eigenvalue weighted by Gasteiger charge is 2.10. The number of carboxylic acids is 1. The Kier molecular flexibility index (Phi) is 3.09. The molecule has 5 heteroatoms. The molecule has 5 nitrogen and oxygen atoms in total. The van der Waals surface area contributed by atoms with Crippen molar-refractivity contribution in [2.24, 2.45) is 0 Å². The average molecular weight is 232 g/mol. The molecule has 0 bridgehead atoms. The molecular formula is C12H12N2O3. The van der Waals surface area contributed by atoms with Gasteiger partial charge >= 0.3 is 5.97 Å². The minimum Gasteiger partial charge on any atom is -0.496 e. The number of imidazole rings is 1. The van der Waals surface area contributed by atoms with Crippen LogP contribution in [0.1, 0.15) is 5.69 Å². The summed E-state index contributed by atoms with van der Waals surface area (Å²) >= 11 is 0. The van der Waals surface area contributed by atoms with Crippen LogP contribution in [-0.2, 0) is 11.2 Å². The number of hydrogen-bond donors (Lipinski definition) is 2. The Morgan fingerprint density at radius 1 is 1.47 bits per heavy atom. The first-order valence-corrected chi connectivity index (χ1v) is 5.10. The smallest absolute Gasteiger partial charge is 0.309 e. The van der Waals surface area contributed by atoms with Crippen LogP contribution in [0.25, 0.3) is 11.4 Å². The Bertz CT molecular complexity index is 534. The number of methoxy groups -OCH3 is 1. The van der Waals surface area contributed by atoms with Crippen molar-refractivity contribution < 1.29 is 14.6 Å². The summed E-state index contributed by atoms with van der Waals surface area (Å²) in [6.45, 7) is 0. The zero-order chi connectivity index (χ0) is 12.3. The second-order valence-corrected chi connectivity index (χ2v) is 3.53. The summed E-state index contributed by atoms with van der Waals surface area (Å²) in [4.78, 5) is 17.7. The molecule has 0 aliphatic heterocycles. The molecule has 0 saturated carbocycles. The normalized spacial score (nSPS) is 10.2. The number of benzene rings is 1. The molecule has 0 aliphatic carbocycles. The summed E-state index contributed by atoms with van der Waals surface area (Å²) in [6, 6.07) is 7.43. The number of carbonyl (C=O) groups is 1. The maximum atomic E-state index is 10.6. The highest BCUT2D eigenvalue weighted by Crippen LogP contribution is 2.26. The third-order valence-corrected chi connectivity index (χ3v) is 2.33. The Morgan fingerprint density at radius 3 is 2.94 bits per heavy atom. The van der Waals surface area contributed by atoms with Crippen molar-refractivity contribution in [2.75, 3.05) is 7.11 Å². The maximum Gasteiger partial charge on any atom is 0.309 e. The van der Waals surface area contributed by atoms with Crippen LogP contribution < -0.4 is 4.74 Å². The van der Waals surface area contributed by atoms with Crippen LogP contribution in [0.4, 0.5) is 0 Å². The lowest BCUT2D eigenvalue weighted by molar-refractivity contribution is -0.136. The quantitative estimate of drug-likeness (QED) is 0.841. The fraction of sp³-hybridized carbons (Fsp3) is 0.167. The topological polar surface area (TPSA) is 75.2 Å². The zero-order valence-electron chi connectivity index (χ0n) is 9.30. The van der Waals surface area contributed by atoms with Crippen molar-refractivity contribution in [3.05, 3.63) is 36.2 Å². The number of aliphatic carboxylic acids is 1. The first kappa shape index (κ1) is 11.2. The van der Waals surface area contributed by atoms with E-state index in [0.717, 1.165) is 5.56 Å². The SMILES string of the molecule is COc1ccccc1-c1ncc(CC(=O)O)[nH]1. The number of carboxylic acid groups (broad SMARTS) is 1. The molecule has 0 spiro atoms. The second kappa shape index (κ2) is 4.69. The summed E-state index contributed by atoms with van der Waals surface area (Å²) in [5, 5.41) is 8.68. The van der Waals surface area contributed by atoms with Crippen LogP contribution >= 0.6 is 0 Å². The van der Waals surface area contributed by atoms with E-state index in [1.807, 2.05) is 24.3 Å². The molecule has 2 N–H and O–H groups in total. The van der Waals surface area contributed by atoms with Crippen molar-refractivity contribution in [1.29, 1.82) is 0 Å². The molecule has 0 saturated heterocycles. The molecule has 0 atom stereocenters. The highest BCUT2D eigenvalue weighted by molar-refractivity contribution is 5.70. The minimum absolute atomic E-state index is 0.0673. The molecule has 88 valence electrons. The number of H-pyrrole nitrogens is 1. The molecule has 0 unspecified atom stereocenters. The van der Waals surface area contributed by atoms with Gasteiger partial charge in [-0.25, -0.2) is 4.98 Å². The average Bonchev–Trinajstić information content (AvgIpc) is 2.76. The number of aromatic nitrogens is 2. The summed E-state index contributed by atoms with van der Waals surface area (Å²) in [7, 11) is 1.58. The van der Waals surface area contributed by atoms with Crippen molar-refractivity contribution in [3.8, 4) is 17.1 Å². The summed E-state index contributed by atoms with van der Waals surface area (Å²) in [5.41, 5.74) is 1.38. The van der Waals surface area contributed by atoms with Crippen molar-refractivity contribution in [1.82, 2.24) is 9.97 Å². The largest absolute Gasteiger partial charge is 0.496 e. The molecule has 17 heavy (non-hydrogen) atoms. The number of para-hydroxylation sites is 1. The zero-order valence-corrected chi connectivity index (χ0v) is 9.30. The van der Waals surface area contributed by atoms with Gasteiger partial charge in [-0.1, -0.05) is 12.1 Å². The van der Waals surface area contributed by atoms with E-state index in [4.69, 9.17) is 9.84 Å². The monoisotopic (exact) mass is 232 g/mol. The molecule has 0 fully saturated rings. The molecule has 1 aromatic heterocycles. The maximum absolute atomic E-state index is 10.6. The van der Waals surface area contributed by atoms with Gasteiger partial charge in [-0.3, -0.25) is 4.79 Å². The van der Waals surface area contributed by atoms with Gasteiger partial charge in [0.1, 0.15) is 11.6 Å². The third kappa shape index (κ3) is 2.44. The standard InChI is InChI=1S/C12H12N2O3/c1-17-10-5-3-2-4-9(10)12-13-7-8(14-12)6-11(15)16/h2-5,7H,6H2,1H3,(H,13,14)(H,15,16). The number of nitrogens with zero attached hydrogens (tertiary/aromatic N) is 1. The van der Waals surface area contributed by atoms with E-state index in [0.29, 0.717) is 17.3 Å². The lowest BCUT2D eigenvalue weighted by Gasteiger charge is -2.04. The fourth-order valence-corrected chi connectivity index (χ4v) is 1.59. The number of hydrogen-bond acceptors (Lipinski definition) is 3. The van der Waals surface area contributed by atoms with Crippen molar-refractivity contribution in [2.45, 2.75) is 6.42 Å². The Balaban J connectivity index is 2.33. The molecule has 2 aromatic rings. The summed E-state index contributed by atoms with van der Waals surface area (Å²) in [5.74, 6) is 0.419. The van der Waals surface area contributed by atoms with Gasteiger partial charge in [0.15, 0.2) is 0 Å². The van der Waals surface area contributed by atoms with E-state index in [2.05, 4.69) is 9.97 Å². The van der Waals surface area contributed by atoms with Crippen molar-refractivity contribution >= 4 is 5.97 Å². The van der Waals surface area contributed by atoms with Crippen molar-refractivity contribution in [3.63, 3.8) is 0 Å². The van der Waals surface area contributed by atoms with Crippen LogP contribution in [0.15, 0.2) is 30.5 Å². The lowest BCUT2D eigenvalue weighted by Crippen LogP contribution is -1.99. The highest BCUT2D eigenvalue weighted by atomic mass is 16.5. The molecule has 0 radical (unpaired) electrons. The van der Waals surface area contributed by atoms with Crippen LogP contribution in [0.5, 0.6) is 5.75 Å². The number of nitrogens with one attached hydrogen (secondary N) is 1. The Labute approximate surface area is 98.1 Å². The van der Waals surface area contributed by atoms with Gasteiger partial charge in [-0.05, 0) is 12.1 Å². The number of aromatic amines is 1. The van der Waals surface area contributed by atoms with Crippen LogP contribution in [0, 0.1) is 0 Å².